The molecule has 5 heteroatoms. The van der Waals surface area contributed by atoms with Crippen LogP contribution in [0.1, 0.15) is 36.5 Å². The van der Waals surface area contributed by atoms with Crippen LogP contribution in [0.2, 0.25) is 10.0 Å². The maximum absolute atomic E-state index is 12.2. The average molecular weight is 314 g/mol. The molecule has 1 saturated heterocycles. The van der Waals surface area contributed by atoms with Crippen LogP contribution in [0.4, 0.5) is 0 Å². The van der Waals surface area contributed by atoms with Crippen LogP contribution in [0.25, 0.3) is 0 Å². The smallest absolute Gasteiger partial charge is 0.223 e. The SMILES string of the molecule is CCCC1CC(=O)N(CC(=O)c2ccc(Cl)cc2Cl)C1. The molecule has 1 aliphatic heterocycles. The normalized spacial score (nSPS) is 18.6. The van der Waals surface area contributed by atoms with Gasteiger partial charge < -0.3 is 4.90 Å². The summed E-state index contributed by atoms with van der Waals surface area (Å²) in [5, 5.41) is 0.825. The van der Waals surface area contributed by atoms with Gasteiger partial charge in [0, 0.05) is 23.6 Å². The van der Waals surface area contributed by atoms with Crippen LogP contribution < -0.4 is 0 Å². The molecule has 0 radical (unpaired) electrons. The molecule has 1 aliphatic rings. The van der Waals surface area contributed by atoms with Crippen LogP contribution in [0.3, 0.4) is 0 Å². The molecule has 0 saturated carbocycles. The first kappa shape index (κ1) is 15.3. The predicted octanol–water partition coefficient (Wildman–Crippen LogP) is 3.82. The van der Waals surface area contributed by atoms with Gasteiger partial charge in [0.25, 0.3) is 0 Å². The maximum Gasteiger partial charge on any atom is 0.223 e. The molecule has 1 aromatic rings. The number of amides is 1. The number of carbonyl (C=O) groups excluding carboxylic acids is 2. The van der Waals surface area contributed by atoms with Gasteiger partial charge in [-0.15, -0.1) is 0 Å². The fourth-order valence-corrected chi connectivity index (χ4v) is 3.10. The van der Waals surface area contributed by atoms with E-state index in [-0.39, 0.29) is 18.2 Å². The molecule has 0 aliphatic carbocycles. The molecule has 1 aromatic carbocycles. The molecular weight excluding hydrogens is 297 g/mol. The molecule has 1 atom stereocenters. The maximum atomic E-state index is 12.2. The van der Waals surface area contributed by atoms with E-state index in [1.807, 2.05) is 0 Å². The van der Waals surface area contributed by atoms with Crippen molar-refractivity contribution in [1.29, 1.82) is 0 Å². The van der Waals surface area contributed by atoms with E-state index in [4.69, 9.17) is 23.2 Å². The van der Waals surface area contributed by atoms with Gasteiger partial charge in [0.05, 0.1) is 11.6 Å². The molecule has 1 amide bonds. The van der Waals surface area contributed by atoms with Gasteiger partial charge >= 0.3 is 0 Å². The van der Waals surface area contributed by atoms with E-state index >= 15 is 0 Å². The summed E-state index contributed by atoms with van der Waals surface area (Å²) in [7, 11) is 0. The van der Waals surface area contributed by atoms with E-state index in [9.17, 15) is 9.59 Å². The minimum atomic E-state index is -0.142. The van der Waals surface area contributed by atoms with Crippen LogP contribution in [0.15, 0.2) is 18.2 Å². The Bertz CT molecular complexity index is 531. The van der Waals surface area contributed by atoms with Crippen molar-refractivity contribution >= 4 is 34.9 Å². The lowest BCUT2D eigenvalue weighted by molar-refractivity contribution is -0.127. The Kier molecular flexibility index (Phi) is 5.06. The molecule has 0 spiro atoms. The zero-order chi connectivity index (χ0) is 14.7. The molecule has 1 heterocycles. The van der Waals surface area contributed by atoms with Crippen LogP contribution in [0.5, 0.6) is 0 Å². The number of carbonyl (C=O) groups is 2. The lowest BCUT2D eigenvalue weighted by Crippen LogP contribution is -2.31. The van der Waals surface area contributed by atoms with Gasteiger partial charge in [-0.25, -0.2) is 0 Å². The van der Waals surface area contributed by atoms with Crippen molar-refractivity contribution in [2.75, 3.05) is 13.1 Å². The van der Waals surface area contributed by atoms with Gasteiger partial charge in [0.1, 0.15) is 0 Å². The van der Waals surface area contributed by atoms with Gasteiger partial charge in [0.2, 0.25) is 5.91 Å². The highest BCUT2D eigenvalue weighted by Crippen LogP contribution is 2.25. The zero-order valence-corrected chi connectivity index (χ0v) is 12.9. The zero-order valence-electron chi connectivity index (χ0n) is 11.4. The summed E-state index contributed by atoms with van der Waals surface area (Å²) in [5.41, 5.74) is 0.419. The van der Waals surface area contributed by atoms with E-state index < -0.39 is 0 Å². The quantitative estimate of drug-likeness (QED) is 0.775. The van der Waals surface area contributed by atoms with Crippen LogP contribution in [0, 0.1) is 5.92 Å². The van der Waals surface area contributed by atoms with Gasteiger partial charge in [-0.3, -0.25) is 9.59 Å². The number of halogens is 2. The molecule has 3 nitrogen and oxygen atoms in total. The Labute approximate surface area is 128 Å². The number of hydrogen-bond donors (Lipinski definition) is 0. The largest absolute Gasteiger partial charge is 0.335 e. The van der Waals surface area contributed by atoms with Crippen LogP contribution in [-0.2, 0) is 4.79 Å². The van der Waals surface area contributed by atoms with E-state index in [1.165, 1.54) is 0 Å². The van der Waals surface area contributed by atoms with Crippen molar-refractivity contribution in [2.45, 2.75) is 26.2 Å². The van der Waals surface area contributed by atoms with Crippen molar-refractivity contribution in [1.82, 2.24) is 4.90 Å². The highest BCUT2D eigenvalue weighted by molar-refractivity contribution is 6.36. The van der Waals surface area contributed by atoms with Crippen molar-refractivity contribution in [3.8, 4) is 0 Å². The first-order valence-corrected chi connectivity index (χ1v) is 7.53. The minimum absolute atomic E-state index is 0.0573. The summed E-state index contributed by atoms with van der Waals surface area (Å²) < 4.78 is 0. The second-order valence-electron chi connectivity index (χ2n) is 5.18. The summed E-state index contributed by atoms with van der Waals surface area (Å²) in [4.78, 5) is 25.7. The van der Waals surface area contributed by atoms with Gasteiger partial charge in [-0.05, 0) is 30.5 Å². The number of nitrogens with zero attached hydrogens (tertiary/aromatic N) is 1. The van der Waals surface area contributed by atoms with Crippen LogP contribution in [-0.4, -0.2) is 29.7 Å². The second kappa shape index (κ2) is 6.59. The Morgan fingerprint density at radius 1 is 1.40 bits per heavy atom. The van der Waals surface area contributed by atoms with Gasteiger partial charge in [-0.1, -0.05) is 36.5 Å². The van der Waals surface area contributed by atoms with E-state index in [0.717, 1.165) is 12.8 Å². The standard InChI is InChI=1S/C15H17Cl2NO2/c1-2-3-10-6-15(20)18(8-10)9-14(19)12-5-4-11(16)7-13(12)17/h4-5,7,10H,2-3,6,8-9H2,1H3. The lowest BCUT2D eigenvalue weighted by atomic mass is 10.0. The number of Topliss-reactive ketones (excluding diaryl/α,β-unsaturated/α-hetero) is 1. The Morgan fingerprint density at radius 2 is 2.15 bits per heavy atom. The average Bonchev–Trinajstić information content (AvgIpc) is 2.70. The summed E-state index contributed by atoms with van der Waals surface area (Å²) in [6.45, 7) is 2.87. The van der Waals surface area contributed by atoms with Gasteiger partial charge in [0.15, 0.2) is 5.78 Å². The third-order valence-corrected chi connectivity index (χ3v) is 4.11. The highest BCUT2D eigenvalue weighted by atomic mass is 35.5. The number of benzene rings is 1. The molecule has 20 heavy (non-hydrogen) atoms. The fraction of sp³-hybridized carbons (Fsp3) is 0.467. The summed E-state index contributed by atoms with van der Waals surface area (Å²) in [5.74, 6) is 0.292. The fourth-order valence-electron chi connectivity index (χ4n) is 2.58. The van der Waals surface area contributed by atoms with E-state index in [1.54, 1.807) is 23.1 Å². The molecular formula is C15H17Cl2NO2. The van der Waals surface area contributed by atoms with Crippen molar-refractivity contribution < 1.29 is 9.59 Å². The number of rotatable bonds is 5. The van der Waals surface area contributed by atoms with Gasteiger partial charge in [-0.2, -0.15) is 0 Å². The van der Waals surface area contributed by atoms with Crippen molar-refractivity contribution in [2.24, 2.45) is 5.92 Å². The number of likely N-dealkylation sites (tertiary alicyclic amines) is 1. The van der Waals surface area contributed by atoms with E-state index in [2.05, 4.69) is 6.92 Å². The Balaban J connectivity index is 2.03. The molecule has 0 aromatic heterocycles. The minimum Gasteiger partial charge on any atom is -0.335 e. The first-order valence-electron chi connectivity index (χ1n) is 6.77. The molecule has 0 N–H and O–H groups in total. The summed E-state index contributed by atoms with van der Waals surface area (Å²) >= 11 is 11.8. The number of ketones is 1. The molecule has 0 bridgehead atoms. The molecule has 1 fully saturated rings. The topological polar surface area (TPSA) is 37.4 Å². The van der Waals surface area contributed by atoms with E-state index in [0.29, 0.717) is 34.5 Å². The second-order valence-corrected chi connectivity index (χ2v) is 6.02. The van der Waals surface area contributed by atoms with Crippen molar-refractivity contribution in [3.63, 3.8) is 0 Å². The Morgan fingerprint density at radius 3 is 2.80 bits per heavy atom. The van der Waals surface area contributed by atoms with Crippen molar-refractivity contribution in [3.05, 3.63) is 33.8 Å². The lowest BCUT2D eigenvalue weighted by Gasteiger charge is -2.16. The van der Waals surface area contributed by atoms with Crippen LogP contribution >= 0.6 is 23.2 Å². The first-order chi connectivity index (χ1) is 9.51. The Hall–Kier alpha value is -1.06. The summed E-state index contributed by atoms with van der Waals surface area (Å²) in [6, 6.07) is 4.78. The predicted molar refractivity (Wildman–Crippen MR) is 80.4 cm³/mol. The molecule has 1 unspecified atom stereocenters. The highest BCUT2D eigenvalue weighted by Gasteiger charge is 2.30. The monoisotopic (exact) mass is 313 g/mol. The molecule has 108 valence electrons. The molecule has 2 rings (SSSR count). The summed E-state index contributed by atoms with van der Waals surface area (Å²) in [6.07, 6.45) is 2.64. The third-order valence-electron chi connectivity index (χ3n) is 3.56. The number of hydrogen-bond acceptors (Lipinski definition) is 2. The third kappa shape index (κ3) is 3.53.